The van der Waals surface area contributed by atoms with Crippen molar-refractivity contribution in [2.24, 2.45) is 0 Å². The van der Waals surface area contributed by atoms with Gasteiger partial charge in [0.1, 0.15) is 0 Å². The Bertz CT molecular complexity index is 1170. The molecule has 0 saturated carbocycles. The van der Waals surface area contributed by atoms with Gasteiger partial charge in [0.25, 0.3) is 0 Å². The maximum Gasteiger partial charge on any atom is -0.109 e. The molecular weight excluding hydrogens is 571 g/mol. The normalized spacial score (nSPS) is 12.6. The number of rotatable bonds is 1. The molecule has 0 spiro atoms. The fourth-order valence-electron chi connectivity index (χ4n) is 4.08. The first-order chi connectivity index (χ1) is 16.5. The molecule has 5 rings (SSSR count). The molecule has 0 saturated heterocycles. The van der Waals surface area contributed by atoms with Gasteiger partial charge in [-0.2, -0.15) is 35.4 Å². The van der Waals surface area contributed by atoms with Crippen LogP contribution >= 0.6 is 0 Å². The van der Waals surface area contributed by atoms with Crippen LogP contribution in [-0.4, -0.2) is 3.71 Å². The molecule has 0 atom stereocenters. The molecular formula is C34H38Cl2Zr-2. The van der Waals surface area contributed by atoms with E-state index in [1.54, 1.807) is 0 Å². The van der Waals surface area contributed by atoms with Crippen molar-refractivity contribution in [3.05, 3.63) is 118 Å². The van der Waals surface area contributed by atoms with E-state index in [4.69, 9.17) is 0 Å². The van der Waals surface area contributed by atoms with Crippen molar-refractivity contribution in [2.75, 3.05) is 0 Å². The molecule has 0 heterocycles. The summed E-state index contributed by atoms with van der Waals surface area (Å²) >= 11 is 1.47. The maximum atomic E-state index is 3.53. The first-order valence-electron chi connectivity index (χ1n) is 12.5. The zero-order chi connectivity index (χ0) is 25.6. The van der Waals surface area contributed by atoms with Crippen molar-refractivity contribution < 1.29 is 49.0 Å². The zero-order valence-electron chi connectivity index (χ0n) is 23.2. The Morgan fingerprint density at radius 1 is 0.838 bits per heavy atom. The molecule has 2 aliphatic carbocycles. The number of aryl methyl sites for hydroxylation is 1. The SMILES string of the molecule is CC(C)(C)c1c[c-]c2c(c1)-c1cc(C(C)(C)C)ccc1C2.Cc1cccc([CH]=[Zr+2])c1.[C-]1=CC=CC1.[Cl-].[Cl-]. The summed E-state index contributed by atoms with van der Waals surface area (Å²) in [6.07, 6.45) is 11.0. The first-order valence-corrected chi connectivity index (χ1v) is 13.9. The van der Waals surface area contributed by atoms with Gasteiger partial charge in [-0.25, -0.2) is 12.2 Å². The summed E-state index contributed by atoms with van der Waals surface area (Å²) in [4.78, 5) is 0. The number of fused-ring (bicyclic) bond motifs is 3. The largest absolute Gasteiger partial charge is 1.00 e. The van der Waals surface area contributed by atoms with E-state index in [-0.39, 0.29) is 35.6 Å². The van der Waals surface area contributed by atoms with Crippen LogP contribution in [0.2, 0.25) is 0 Å². The van der Waals surface area contributed by atoms with Crippen LogP contribution in [0.1, 0.15) is 81.3 Å². The van der Waals surface area contributed by atoms with Crippen LogP contribution in [-0.2, 0) is 41.5 Å². The van der Waals surface area contributed by atoms with Crippen molar-refractivity contribution in [2.45, 2.75) is 72.1 Å². The molecule has 0 unspecified atom stereocenters. The number of halogens is 2. The van der Waals surface area contributed by atoms with Gasteiger partial charge in [0.05, 0.1) is 0 Å². The summed E-state index contributed by atoms with van der Waals surface area (Å²) in [5.74, 6) is 0. The zero-order valence-corrected chi connectivity index (χ0v) is 27.1. The molecule has 0 radical (unpaired) electrons. The summed E-state index contributed by atoms with van der Waals surface area (Å²) in [7, 11) is 0. The molecule has 194 valence electrons. The molecule has 0 aromatic heterocycles. The quantitative estimate of drug-likeness (QED) is 0.292. The van der Waals surface area contributed by atoms with Gasteiger partial charge >= 0.3 is 70.3 Å². The first kappa shape index (κ1) is 33.5. The van der Waals surface area contributed by atoms with Crippen molar-refractivity contribution >= 4 is 3.71 Å². The van der Waals surface area contributed by atoms with E-state index >= 15 is 0 Å². The van der Waals surface area contributed by atoms with Crippen LogP contribution in [0.25, 0.3) is 11.1 Å². The van der Waals surface area contributed by atoms with Gasteiger partial charge in [0.15, 0.2) is 0 Å². The van der Waals surface area contributed by atoms with Crippen LogP contribution in [0.5, 0.6) is 0 Å². The van der Waals surface area contributed by atoms with Crippen LogP contribution in [0.15, 0.2) is 72.8 Å². The summed E-state index contributed by atoms with van der Waals surface area (Å²) in [6, 6.07) is 23.6. The predicted octanol–water partition coefficient (Wildman–Crippen LogP) is 2.66. The average Bonchev–Trinajstić information content (AvgIpc) is 3.49. The second-order valence-corrected chi connectivity index (χ2v) is 12.1. The minimum Gasteiger partial charge on any atom is -1.00 e. The van der Waals surface area contributed by atoms with Crippen LogP contribution in [0.3, 0.4) is 0 Å². The molecule has 3 aromatic carbocycles. The van der Waals surface area contributed by atoms with Gasteiger partial charge in [-0.3, -0.25) is 6.08 Å². The third kappa shape index (κ3) is 9.62. The number of benzene rings is 3. The smallest absolute Gasteiger partial charge is 0.109 e. The molecule has 2 aliphatic rings. The summed E-state index contributed by atoms with van der Waals surface area (Å²) in [6.45, 7) is 15.8. The van der Waals surface area contributed by atoms with Crippen LogP contribution < -0.4 is 24.8 Å². The van der Waals surface area contributed by atoms with Crippen molar-refractivity contribution in [3.63, 3.8) is 0 Å². The van der Waals surface area contributed by atoms with Gasteiger partial charge in [0.2, 0.25) is 0 Å². The van der Waals surface area contributed by atoms with E-state index in [2.05, 4.69) is 125 Å². The Kier molecular flexibility index (Phi) is 13.2. The van der Waals surface area contributed by atoms with Crippen LogP contribution in [0, 0.1) is 19.1 Å². The number of hydrogen-bond acceptors (Lipinski definition) is 0. The minimum atomic E-state index is 0. The van der Waals surface area contributed by atoms with Crippen LogP contribution in [0.4, 0.5) is 0 Å². The Hall–Kier alpha value is -1.53. The van der Waals surface area contributed by atoms with Gasteiger partial charge in [0, 0.05) is 0 Å². The van der Waals surface area contributed by atoms with Gasteiger partial charge < -0.3 is 24.8 Å². The van der Waals surface area contributed by atoms with E-state index in [9.17, 15) is 0 Å². The van der Waals surface area contributed by atoms with E-state index in [1.165, 1.54) is 68.7 Å². The van der Waals surface area contributed by atoms with Gasteiger partial charge in [-0.15, -0.1) is 12.0 Å². The van der Waals surface area contributed by atoms with E-state index < -0.39 is 0 Å². The molecule has 0 aliphatic heterocycles. The Balaban J connectivity index is 0.000000354. The Labute approximate surface area is 252 Å². The van der Waals surface area contributed by atoms with Gasteiger partial charge in [-0.05, 0) is 17.4 Å². The summed E-state index contributed by atoms with van der Waals surface area (Å²) < 4.78 is 2.19. The molecule has 0 amide bonds. The standard InChI is InChI=1S/C21H25.C8H8.C5H5.2ClH.Zr/c1-20(2,3)16-9-7-14-11-15-8-10-17(21(4,5)6)13-19(15)18(14)12-16;1-7-4-3-5-8(2)6-7;1-2-4-5-3-1;;;/h7,9-10,12-13H,11H2,1-6H3;1,3-6H,2H3;1-3H,4H2;2*1H;/q-1;;-1;;;+2/p-2. The molecule has 3 heteroatoms. The molecule has 0 bridgehead atoms. The van der Waals surface area contributed by atoms with Crippen molar-refractivity contribution in [1.82, 2.24) is 0 Å². The molecule has 37 heavy (non-hydrogen) atoms. The third-order valence-corrected chi connectivity index (χ3v) is 7.14. The second-order valence-electron chi connectivity index (χ2n) is 11.4. The van der Waals surface area contributed by atoms with Crippen molar-refractivity contribution in [1.29, 1.82) is 0 Å². The third-order valence-electron chi connectivity index (χ3n) is 6.32. The Morgan fingerprint density at radius 2 is 1.51 bits per heavy atom. The molecule has 0 nitrogen and oxygen atoms in total. The number of allylic oxidation sites excluding steroid dienone is 4. The van der Waals surface area contributed by atoms with Crippen molar-refractivity contribution in [3.8, 4) is 11.1 Å². The fraction of sp³-hybridized carbons (Fsp3) is 0.324. The predicted molar refractivity (Wildman–Crippen MR) is 149 cm³/mol. The Morgan fingerprint density at radius 3 is 2.00 bits per heavy atom. The summed E-state index contributed by atoms with van der Waals surface area (Å²) in [5, 5.41) is 0. The maximum absolute atomic E-state index is 3.53. The summed E-state index contributed by atoms with van der Waals surface area (Å²) in [5.41, 5.74) is 11.4. The van der Waals surface area contributed by atoms with E-state index in [0.29, 0.717) is 0 Å². The minimum absolute atomic E-state index is 0. The fourth-order valence-corrected chi connectivity index (χ4v) is 4.53. The molecule has 0 N–H and O–H groups in total. The monoisotopic (exact) mass is 606 g/mol. The molecule has 0 fully saturated rings. The van der Waals surface area contributed by atoms with Gasteiger partial charge in [-0.1, -0.05) is 76.3 Å². The molecule has 3 aromatic rings. The van der Waals surface area contributed by atoms with E-state index in [0.717, 1.165) is 12.8 Å². The topological polar surface area (TPSA) is 0 Å². The van der Waals surface area contributed by atoms with E-state index in [1.807, 2.05) is 12.2 Å². The number of hydrogen-bond donors (Lipinski definition) is 0. The average molecular weight is 609 g/mol. The second kappa shape index (κ2) is 14.6.